The van der Waals surface area contributed by atoms with E-state index in [2.05, 4.69) is 46.2 Å². The Morgan fingerprint density at radius 1 is 1.07 bits per heavy atom. The van der Waals surface area contributed by atoms with Gasteiger partial charge in [-0.25, -0.2) is 0 Å². The molecule has 3 aliphatic rings. The van der Waals surface area contributed by atoms with Crippen LogP contribution >= 0.6 is 23.4 Å². The number of hydrogen-bond acceptors (Lipinski definition) is 5. The highest BCUT2D eigenvalue weighted by molar-refractivity contribution is 8.06. The molecule has 0 radical (unpaired) electrons. The van der Waals surface area contributed by atoms with Crippen molar-refractivity contribution < 1.29 is 14.4 Å². The van der Waals surface area contributed by atoms with Crippen LogP contribution < -0.4 is 16.0 Å². The fraction of sp³-hybridized carbons (Fsp3) is 0.278. The molecule has 2 aliphatic carbocycles. The van der Waals surface area contributed by atoms with Gasteiger partial charge in [0, 0.05) is 36.3 Å². The van der Waals surface area contributed by atoms with Crippen molar-refractivity contribution in [2.24, 2.45) is 0 Å². The van der Waals surface area contributed by atoms with Gasteiger partial charge in [-0.05, 0) is 77.7 Å². The summed E-state index contributed by atoms with van der Waals surface area (Å²) in [5, 5.41) is 11.1. The zero-order valence-corrected chi connectivity index (χ0v) is 26.0. The molecule has 6 nitrogen and oxygen atoms in total. The average Bonchev–Trinajstić information content (AvgIpc) is 3.99. The average molecular weight is 624 g/mol. The van der Waals surface area contributed by atoms with Crippen LogP contribution in [0.1, 0.15) is 65.6 Å². The SMILES string of the molecule is C=C/C(=C\NC1CC1)c1cccc(C2(CCC(=O)c3ccccc3CNC(=O)C(=O)NCC#CC3=C=CC=CS3)CC2)c1Cl. The predicted molar refractivity (Wildman–Crippen MR) is 178 cm³/mol. The van der Waals surface area contributed by atoms with Crippen molar-refractivity contribution in [2.45, 2.75) is 56.5 Å². The monoisotopic (exact) mass is 623 g/mol. The van der Waals surface area contributed by atoms with Crippen LogP contribution in [0.15, 0.2) is 89.5 Å². The molecule has 0 aromatic heterocycles. The molecule has 0 spiro atoms. The third kappa shape index (κ3) is 8.03. The number of hydrogen-bond donors (Lipinski definition) is 3. The summed E-state index contributed by atoms with van der Waals surface area (Å²) in [5.41, 5.74) is 7.03. The molecule has 2 saturated carbocycles. The molecule has 1 aliphatic heterocycles. The van der Waals surface area contributed by atoms with Crippen molar-refractivity contribution in [1.29, 1.82) is 0 Å². The molecule has 5 rings (SSSR count). The molecule has 0 atom stereocenters. The second kappa shape index (κ2) is 14.5. The minimum atomic E-state index is -0.783. The van der Waals surface area contributed by atoms with Crippen LogP contribution in [0.4, 0.5) is 0 Å². The Bertz CT molecular complexity index is 1660. The van der Waals surface area contributed by atoms with Crippen molar-refractivity contribution in [3.05, 3.63) is 117 Å². The molecular weight excluding hydrogens is 590 g/mol. The van der Waals surface area contributed by atoms with Crippen LogP contribution in [0, 0.1) is 11.8 Å². The normalized spacial score (nSPS) is 16.2. The molecule has 224 valence electrons. The molecule has 2 aromatic carbocycles. The zero-order valence-electron chi connectivity index (χ0n) is 24.4. The number of amides is 2. The highest BCUT2D eigenvalue weighted by atomic mass is 35.5. The first-order chi connectivity index (χ1) is 21.4. The van der Waals surface area contributed by atoms with Gasteiger partial charge in [-0.2, -0.15) is 0 Å². The van der Waals surface area contributed by atoms with Gasteiger partial charge in [0.05, 0.1) is 11.6 Å². The summed E-state index contributed by atoms with van der Waals surface area (Å²) < 4.78 is 0. The summed E-state index contributed by atoms with van der Waals surface area (Å²) in [6, 6.07) is 13.8. The second-order valence-electron chi connectivity index (χ2n) is 11.0. The number of carbonyl (C=O) groups excluding carboxylic acids is 3. The quantitative estimate of drug-likeness (QED) is 0.0843. The van der Waals surface area contributed by atoms with Crippen molar-refractivity contribution in [1.82, 2.24) is 16.0 Å². The Labute approximate surface area is 267 Å². The maximum absolute atomic E-state index is 13.4. The lowest BCUT2D eigenvalue weighted by atomic mass is 9.87. The van der Waals surface area contributed by atoms with E-state index in [9.17, 15) is 14.4 Å². The number of ketones is 1. The number of carbonyl (C=O) groups is 3. The molecule has 2 fully saturated rings. The van der Waals surface area contributed by atoms with Crippen LogP contribution in [0.25, 0.3) is 5.57 Å². The lowest BCUT2D eigenvalue weighted by Gasteiger charge is -2.20. The number of rotatable bonds is 12. The standard InChI is InChI=1S/C36H34ClN3O3S/c1-2-25(23-39-27-15-16-27)30-13-7-14-31(33(30)37)36(19-20-36)18-17-32(41)29-12-4-3-9-26(29)24-40-35(43)34(42)38-21-8-11-28-10-5-6-22-44-28/h2-7,9,12-14,22-23,27,39H,1,15-21,24H2,(H,38,42)(H,40,43)/b25-23+. The molecule has 2 amide bonds. The molecule has 1 heterocycles. The van der Waals surface area contributed by atoms with Crippen molar-refractivity contribution in [3.63, 3.8) is 0 Å². The van der Waals surface area contributed by atoms with Gasteiger partial charge < -0.3 is 16.0 Å². The summed E-state index contributed by atoms with van der Waals surface area (Å²) in [6.45, 7) is 4.08. The van der Waals surface area contributed by atoms with Gasteiger partial charge in [-0.3, -0.25) is 14.4 Å². The van der Waals surface area contributed by atoms with E-state index in [0.717, 1.165) is 34.4 Å². The lowest BCUT2D eigenvalue weighted by molar-refractivity contribution is -0.139. The van der Waals surface area contributed by atoms with Crippen LogP contribution in [0.3, 0.4) is 0 Å². The Kier molecular flexibility index (Phi) is 10.3. The Balaban J connectivity index is 1.17. The lowest BCUT2D eigenvalue weighted by Crippen LogP contribution is -2.39. The fourth-order valence-electron chi connectivity index (χ4n) is 5.06. The maximum atomic E-state index is 13.4. The summed E-state index contributed by atoms with van der Waals surface area (Å²) in [5.74, 6) is 4.13. The van der Waals surface area contributed by atoms with Gasteiger partial charge in [-0.1, -0.05) is 90.1 Å². The summed E-state index contributed by atoms with van der Waals surface area (Å²) in [6.07, 6.45) is 12.8. The van der Waals surface area contributed by atoms with E-state index in [-0.39, 0.29) is 24.3 Å². The van der Waals surface area contributed by atoms with E-state index >= 15 is 0 Å². The van der Waals surface area contributed by atoms with E-state index in [1.54, 1.807) is 24.3 Å². The van der Waals surface area contributed by atoms with Crippen LogP contribution in [0.5, 0.6) is 0 Å². The highest BCUT2D eigenvalue weighted by Gasteiger charge is 2.45. The van der Waals surface area contributed by atoms with Crippen molar-refractivity contribution in [2.75, 3.05) is 6.54 Å². The summed E-state index contributed by atoms with van der Waals surface area (Å²) in [7, 11) is 0. The third-order valence-corrected chi connectivity index (χ3v) is 9.07. The topological polar surface area (TPSA) is 87.3 Å². The fourth-order valence-corrected chi connectivity index (χ4v) is 6.06. The van der Waals surface area contributed by atoms with E-state index < -0.39 is 11.8 Å². The smallest absolute Gasteiger partial charge is 0.310 e. The maximum Gasteiger partial charge on any atom is 0.310 e. The number of halogens is 1. The van der Waals surface area contributed by atoms with Gasteiger partial charge in [0.15, 0.2) is 5.78 Å². The van der Waals surface area contributed by atoms with Gasteiger partial charge in [0.25, 0.3) is 0 Å². The van der Waals surface area contributed by atoms with Crippen LogP contribution in [-0.2, 0) is 21.5 Å². The molecule has 8 heteroatoms. The minimum Gasteiger partial charge on any atom is -0.388 e. The second-order valence-corrected chi connectivity index (χ2v) is 12.3. The third-order valence-electron chi connectivity index (χ3n) is 7.91. The Morgan fingerprint density at radius 2 is 1.84 bits per heavy atom. The van der Waals surface area contributed by atoms with Crippen molar-refractivity contribution in [3.8, 4) is 11.8 Å². The zero-order chi connectivity index (χ0) is 30.9. The van der Waals surface area contributed by atoms with Gasteiger partial charge in [-0.15, -0.1) is 0 Å². The van der Waals surface area contributed by atoms with Gasteiger partial charge in [0.2, 0.25) is 0 Å². The molecule has 44 heavy (non-hydrogen) atoms. The van der Waals surface area contributed by atoms with Gasteiger partial charge >= 0.3 is 11.8 Å². The number of nitrogens with one attached hydrogen (secondary N) is 3. The molecule has 0 bridgehead atoms. The number of Topliss-reactive ketones (excluding diaryl/α,β-unsaturated/α-hetero) is 1. The molecular formula is C36H34ClN3O3S. The summed E-state index contributed by atoms with van der Waals surface area (Å²) >= 11 is 8.42. The molecule has 3 N–H and O–H groups in total. The first kappa shape index (κ1) is 31.2. The number of thioether (sulfide) groups is 1. The first-order valence-electron chi connectivity index (χ1n) is 14.7. The van der Waals surface area contributed by atoms with Crippen LogP contribution in [-0.4, -0.2) is 30.2 Å². The molecule has 2 aromatic rings. The Morgan fingerprint density at radius 3 is 2.57 bits per heavy atom. The van der Waals surface area contributed by atoms with Crippen LogP contribution in [0.2, 0.25) is 5.02 Å². The molecule has 0 saturated heterocycles. The van der Waals surface area contributed by atoms with E-state index in [1.165, 1.54) is 24.6 Å². The first-order valence-corrected chi connectivity index (χ1v) is 16.0. The Hall–Kier alpha value is -4.21. The predicted octanol–water partition coefficient (Wildman–Crippen LogP) is 6.35. The van der Waals surface area contributed by atoms with Gasteiger partial charge in [0.1, 0.15) is 4.91 Å². The molecule has 0 unspecified atom stereocenters. The number of allylic oxidation sites excluding steroid dienone is 4. The van der Waals surface area contributed by atoms with E-state index in [0.29, 0.717) is 35.0 Å². The van der Waals surface area contributed by atoms with E-state index in [1.807, 2.05) is 42.0 Å². The largest absolute Gasteiger partial charge is 0.388 e. The highest BCUT2D eigenvalue weighted by Crippen LogP contribution is 2.54. The van der Waals surface area contributed by atoms with E-state index in [4.69, 9.17) is 11.6 Å². The summed E-state index contributed by atoms with van der Waals surface area (Å²) in [4.78, 5) is 38.8. The minimum absolute atomic E-state index is 0.00721. The van der Waals surface area contributed by atoms with Crippen molar-refractivity contribution >= 4 is 46.5 Å². The number of benzene rings is 2.